The number of carbonyl (C=O) groups is 1. The molecule has 2 heterocycles. The van der Waals surface area contributed by atoms with Crippen molar-refractivity contribution in [3.05, 3.63) is 62.3 Å². The molecule has 7 heteroatoms. The Balaban J connectivity index is 1.81. The number of carbonyl (C=O) groups excluding carboxylic acids is 1. The molecule has 0 aliphatic carbocycles. The van der Waals surface area contributed by atoms with Gasteiger partial charge in [0.1, 0.15) is 12.9 Å². The Hall–Kier alpha value is -2.29. The summed E-state index contributed by atoms with van der Waals surface area (Å²) in [5, 5.41) is 3.18. The summed E-state index contributed by atoms with van der Waals surface area (Å²) < 4.78 is 2.34. The second-order valence-electron chi connectivity index (χ2n) is 5.06. The molecule has 0 aliphatic rings. The van der Waals surface area contributed by atoms with E-state index in [1.807, 2.05) is 25.1 Å². The molecule has 0 unspecified atom stereocenters. The highest BCUT2D eigenvalue weighted by atomic mass is 127. The Morgan fingerprint density at radius 2 is 2.13 bits per heavy atom. The van der Waals surface area contributed by atoms with Crippen molar-refractivity contribution in [2.45, 2.75) is 13.5 Å². The molecule has 0 atom stereocenters. The normalized spacial score (nSPS) is 10.7. The van der Waals surface area contributed by atoms with Crippen LogP contribution in [0.4, 0.5) is 5.69 Å². The number of hydrogen-bond donors (Lipinski definition) is 1. The van der Waals surface area contributed by atoms with Crippen LogP contribution >= 0.6 is 22.6 Å². The van der Waals surface area contributed by atoms with Gasteiger partial charge < -0.3 is 5.32 Å². The third-order valence-corrected chi connectivity index (χ3v) is 4.53. The number of rotatable bonds is 3. The molecule has 3 aromatic rings. The first-order valence-corrected chi connectivity index (χ1v) is 7.98. The van der Waals surface area contributed by atoms with Crippen molar-refractivity contribution < 1.29 is 4.79 Å². The van der Waals surface area contributed by atoms with Gasteiger partial charge in [-0.15, -0.1) is 0 Å². The highest BCUT2D eigenvalue weighted by Crippen LogP contribution is 2.17. The van der Waals surface area contributed by atoms with Gasteiger partial charge in [0.05, 0.1) is 5.39 Å². The molecule has 6 nitrogen and oxygen atoms in total. The van der Waals surface area contributed by atoms with E-state index in [2.05, 4.69) is 37.9 Å². The Bertz CT molecular complexity index is 952. The molecule has 2 aromatic heterocycles. The lowest BCUT2D eigenvalue weighted by Gasteiger charge is -2.09. The van der Waals surface area contributed by atoms with Crippen LogP contribution in [0, 0.1) is 10.5 Å². The molecule has 0 aliphatic heterocycles. The SMILES string of the molecule is Cc1ccc(NC(=O)Cn2cnc3ncccc3c2=O)cc1I. The second-order valence-corrected chi connectivity index (χ2v) is 6.23. The van der Waals surface area contributed by atoms with E-state index >= 15 is 0 Å². The first-order valence-electron chi connectivity index (χ1n) is 6.91. The molecule has 1 N–H and O–H groups in total. The predicted molar refractivity (Wildman–Crippen MR) is 96.3 cm³/mol. The zero-order chi connectivity index (χ0) is 16.4. The highest BCUT2D eigenvalue weighted by molar-refractivity contribution is 14.1. The van der Waals surface area contributed by atoms with Crippen molar-refractivity contribution in [1.82, 2.24) is 14.5 Å². The fourth-order valence-electron chi connectivity index (χ4n) is 2.14. The molecular weight excluding hydrogens is 407 g/mol. The van der Waals surface area contributed by atoms with Gasteiger partial charge in [0.15, 0.2) is 5.65 Å². The lowest BCUT2D eigenvalue weighted by Crippen LogP contribution is -2.28. The second kappa shape index (κ2) is 6.45. The lowest BCUT2D eigenvalue weighted by molar-refractivity contribution is -0.116. The van der Waals surface area contributed by atoms with E-state index in [0.717, 1.165) is 9.13 Å². The summed E-state index contributed by atoms with van der Waals surface area (Å²) in [6.45, 7) is 1.91. The van der Waals surface area contributed by atoms with Crippen LogP contribution in [0.3, 0.4) is 0 Å². The van der Waals surface area contributed by atoms with Crippen molar-refractivity contribution in [1.29, 1.82) is 0 Å². The van der Waals surface area contributed by atoms with Gasteiger partial charge in [-0.05, 0) is 59.3 Å². The number of nitrogens with zero attached hydrogens (tertiary/aromatic N) is 3. The topological polar surface area (TPSA) is 76.9 Å². The molecule has 0 radical (unpaired) electrons. The summed E-state index contributed by atoms with van der Waals surface area (Å²) in [5.74, 6) is -0.281. The van der Waals surface area contributed by atoms with Gasteiger partial charge in [-0.2, -0.15) is 0 Å². The number of fused-ring (bicyclic) bond motifs is 1. The van der Waals surface area contributed by atoms with Crippen LogP contribution in [0.2, 0.25) is 0 Å². The molecule has 0 saturated carbocycles. The maximum Gasteiger partial charge on any atom is 0.263 e. The summed E-state index contributed by atoms with van der Waals surface area (Å²) in [7, 11) is 0. The number of aryl methyl sites for hydroxylation is 1. The molecule has 0 bridgehead atoms. The summed E-state index contributed by atoms with van der Waals surface area (Å²) >= 11 is 2.21. The Morgan fingerprint density at radius 1 is 1.30 bits per heavy atom. The van der Waals surface area contributed by atoms with Crippen molar-refractivity contribution in [2.24, 2.45) is 0 Å². The van der Waals surface area contributed by atoms with Gasteiger partial charge in [0.2, 0.25) is 5.91 Å². The van der Waals surface area contributed by atoms with Crippen molar-refractivity contribution in [3.63, 3.8) is 0 Å². The van der Waals surface area contributed by atoms with Crippen LogP contribution in [-0.2, 0) is 11.3 Å². The molecule has 3 rings (SSSR count). The standard InChI is InChI=1S/C16H13IN4O2/c1-10-4-5-11(7-13(10)17)20-14(22)8-21-9-19-15-12(16(21)23)3-2-6-18-15/h2-7,9H,8H2,1H3,(H,20,22). The van der Waals surface area contributed by atoms with Gasteiger partial charge in [-0.1, -0.05) is 6.07 Å². The average Bonchev–Trinajstić information content (AvgIpc) is 2.54. The van der Waals surface area contributed by atoms with Gasteiger partial charge in [0, 0.05) is 15.5 Å². The first kappa shape index (κ1) is 15.6. The molecule has 1 aromatic carbocycles. The zero-order valence-corrected chi connectivity index (χ0v) is 14.4. The van der Waals surface area contributed by atoms with Crippen LogP contribution in [-0.4, -0.2) is 20.4 Å². The van der Waals surface area contributed by atoms with Crippen LogP contribution in [0.5, 0.6) is 0 Å². The van der Waals surface area contributed by atoms with Gasteiger partial charge in [-0.25, -0.2) is 9.97 Å². The van der Waals surface area contributed by atoms with Crippen molar-refractivity contribution >= 4 is 45.2 Å². The fraction of sp³-hybridized carbons (Fsp3) is 0.125. The molecular formula is C16H13IN4O2. The van der Waals surface area contributed by atoms with Crippen molar-refractivity contribution in [2.75, 3.05) is 5.32 Å². The number of benzene rings is 1. The monoisotopic (exact) mass is 420 g/mol. The lowest BCUT2D eigenvalue weighted by atomic mass is 10.2. The quantitative estimate of drug-likeness (QED) is 0.661. The molecule has 0 fully saturated rings. The number of aromatic nitrogens is 3. The van der Waals surface area contributed by atoms with E-state index < -0.39 is 0 Å². The van der Waals surface area contributed by atoms with Gasteiger partial charge in [-0.3, -0.25) is 14.2 Å². The maximum absolute atomic E-state index is 12.3. The maximum atomic E-state index is 12.3. The number of pyridine rings is 1. The van der Waals surface area contributed by atoms with Gasteiger partial charge in [0.25, 0.3) is 5.56 Å². The zero-order valence-electron chi connectivity index (χ0n) is 12.3. The Labute approximate surface area is 145 Å². The third kappa shape index (κ3) is 3.39. The van der Waals surface area contributed by atoms with E-state index in [0.29, 0.717) is 16.7 Å². The van der Waals surface area contributed by atoms with Crippen LogP contribution < -0.4 is 10.9 Å². The third-order valence-electron chi connectivity index (χ3n) is 3.37. The van der Waals surface area contributed by atoms with Crippen LogP contribution in [0.25, 0.3) is 11.0 Å². The Kier molecular flexibility index (Phi) is 4.37. The minimum Gasteiger partial charge on any atom is -0.324 e. The average molecular weight is 420 g/mol. The van der Waals surface area contributed by atoms with Crippen LogP contribution in [0.15, 0.2) is 47.7 Å². The van der Waals surface area contributed by atoms with Crippen molar-refractivity contribution in [3.8, 4) is 0 Å². The highest BCUT2D eigenvalue weighted by Gasteiger charge is 2.09. The largest absolute Gasteiger partial charge is 0.324 e. The number of halogens is 1. The number of nitrogens with one attached hydrogen (secondary N) is 1. The predicted octanol–water partition coefficient (Wildman–Crippen LogP) is 2.34. The summed E-state index contributed by atoms with van der Waals surface area (Å²) in [6.07, 6.45) is 2.92. The summed E-state index contributed by atoms with van der Waals surface area (Å²) in [6, 6.07) is 8.98. The molecule has 116 valence electrons. The minimum atomic E-state index is -0.281. The molecule has 0 spiro atoms. The van der Waals surface area contributed by atoms with Crippen LogP contribution in [0.1, 0.15) is 5.56 Å². The fourth-order valence-corrected chi connectivity index (χ4v) is 2.65. The van der Waals surface area contributed by atoms with E-state index in [1.165, 1.54) is 10.9 Å². The summed E-state index contributed by atoms with van der Waals surface area (Å²) in [4.78, 5) is 32.6. The smallest absolute Gasteiger partial charge is 0.263 e. The molecule has 1 amide bonds. The number of hydrogen-bond acceptors (Lipinski definition) is 4. The summed E-state index contributed by atoms with van der Waals surface area (Å²) in [5.41, 5.74) is 1.94. The van der Waals surface area contributed by atoms with E-state index in [1.54, 1.807) is 18.3 Å². The van der Waals surface area contributed by atoms with E-state index in [9.17, 15) is 9.59 Å². The number of anilines is 1. The van der Waals surface area contributed by atoms with E-state index in [-0.39, 0.29) is 18.0 Å². The van der Waals surface area contributed by atoms with Gasteiger partial charge >= 0.3 is 0 Å². The molecule has 0 saturated heterocycles. The molecule has 23 heavy (non-hydrogen) atoms. The first-order chi connectivity index (χ1) is 11.0. The number of amides is 1. The Morgan fingerprint density at radius 3 is 2.91 bits per heavy atom. The van der Waals surface area contributed by atoms with E-state index in [4.69, 9.17) is 0 Å². The minimum absolute atomic E-state index is 0.0961.